The normalized spacial score (nSPS) is 18.4. The predicted molar refractivity (Wildman–Crippen MR) is 76.3 cm³/mol. The van der Waals surface area contributed by atoms with Gasteiger partial charge in [-0.2, -0.15) is 0 Å². The van der Waals surface area contributed by atoms with E-state index < -0.39 is 0 Å². The summed E-state index contributed by atoms with van der Waals surface area (Å²) in [6.07, 6.45) is 0. The number of hydrogen-bond acceptors (Lipinski definition) is 4. The number of hydrogen-bond donors (Lipinski definition) is 1. The molecule has 0 saturated carbocycles. The maximum absolute atomic E-state index is 13.2. The number of morpholine rings is 1. The summed E-state index contributed by atoms with van der Waals surface area (Å²) in [6, 6.07) is 4.49. The highest BCUT2D eigenvalue weighted by Gasteiger charge is 2.18. The van der Waals surface area contributed by atoms with E-state index in [0.29, 0.717) is 18.2 Å². The average molecular weight is 282 g/mol. The molecular formula is C15H23FN2O2. The third kappa shape index (κ3) is 4.16. The smallest absolute Gasteiger partial charge is 0.123 e. The van der Waals surface area contributed by atoms with Gasteiger partial charge in [0.05, 0.1) is 13.2 Å². The molecule has 1 saturated heterocycles. The van der Waals surface area contributed by atoms with Gasteiger partial charge in [-0.15, -0.1) is 0 Å². The van der Waals surface area contributed by atoms with E-state index in [1.807, 2.05) is 7.05 Å². The van der Waals surface area contributed by atoms with Crippen LogP contribution in [-0.4, -0.2) is 60.8 Å². The first kappa shape index (κ1) is 15.2. The van der Waals surface area contributed by atoms with Crippen molar-refractivity contribution in [3.8, 4) is 5.75 Å². The lowest BCUT2D eigenvalue weighted by Crippen LogP contribution is -2.46. The van der Waals surface area contributed by atoms with Gasteiger partial charge in [-0.25, -0.2) is 4.39 Å². The molecule has 1 aliphatic heterocycles. The van der Waals surface area contributed by atoms with Gasteiger partial charge in [0, 0.05) is 37.8 Å². The van der Waals surface area contributed by atoms with E-state index in [1.54, 1.807) is 0 Å². The molecule has 1 N–H and O–H groups in total. The summed E-state index contributed by atoms with van der Waals surface area (Å²) in [5.74, 6) is -0.162. The quantitative estimate of drug-likeness (QED) is 0.891. The number of nitrogens with zero attached hydrogens (tertiary/aromatic N) is 2. The second-order valence-electron chi connectivity index (χ2n) is 5.47. The van der Waals surface area contributed by atoms with Crippen LogP contribution in [0.15, 0.2) is 18.2 Å². The minimum atomic E-state index is -0.313. The summed E-state index contributed by atoms with van der Waals surface area (Å²) in [5.41, 5.74) is 0.627. The van der Waals surface area contributed by atoms with E-state index in [0.717, 1.165) is 32.8 Å². The van der Waals surface area contributed by atoms with Gasteiger partial charge in [-0.05, 0) is 32.2 Å². The summed E-state index contributed by atoms with van der Waals surface area (Å²) in [7, 11) is 1.99. The highest BCUT2D eigenvalue weighted by Crippen LogP contribution is 2.19. The summed E-state index contributed by atoms with van der Waals surface area (Å²) < 4.78 is 18.5. The molecule has 1 fully saturated rings. The highest BCUT2D eigenvalue weighted by molar-refractivity contribution is 5.32. The molecule has 1 aliphatic rings. The maximum atomic E-state index is 13.2. The zero-order valence-electron chi connectivity index (χ0n) is 12.2. The number of aromatic hydroxyl groups is 1. The molecule has 0 aliphatic carbocycles. The number of phenols is 1. The van der Waals surface area contributed by atoms with Crippen LogP contribution < -0.4 is 0 Å². The summed E-state index contributed by atoms with van der Waals surface area (Å²) >= 11 is 0. The fraction of sp³-hybridized carbons (Fsp3) is 0.600. The average Bonchev–Trinajstić information content (AvgIpc) is 2.43. The number of halogens is 1. The van der Waals surface area contributed by atoms with E-state index in [2.05, 4.69) is 16.7 Å². The van der Waals surface area contributed by atoms with Crippen molar-refractivity contribution in [3.05, 3.63) is 29.6 Å². The molecule has 0 spiro atoms. The lowest BCUT2D eigenvalue weighted by Gasteiger charge is -2.34. The van der Waals surface area contributed by atoms with E-state index in [-0.39, 0.29) is 11.6 Å². The number of phenolic OH excluding ortho intramolecular Hbond substituents is 1. The zero-order valence-corrected chi connectivity index (χ0v) is 12.2. The molecule has 0 unspecified atom stereocenters. The Labute approximate surface area is 119 Å². The minimum absolute atomic E-state index is 0.150. The van der Waals surface area contributed by atoms with Crippen LogP contribution in [0, 0.1) is 5.82 Å². The van der Waals surface area contributed by atoms with E-state index in [1.165, 1.54) is 18.2 Å². The Bertz CT molecular complexity index is 436. The molecule has 1 atom stereocenters. The third-order valence-electron chi connectivity index (χ3n) is 3.73. The van der Waals surface area contributed by atoms with Gasteiger partial charge in [0.1, 0.15) is 11.6 Å². The molecule has 0 bridgehead atoms. The van der Waals surface area contributed by atoms with Crippen LogP contribution in [-0.2, 0) is 11.3 Å². The molecule has 20 heavy (non-hydrogen) atoms. The fourth-order valence-corrected chi connectivity index (χ4v) is 2.62. The Kier molecular flexibility index (Phi) is 5.34. The first-order chi connectivity index (χ1) is 9.56. The van der Waals surface area contributed by atoms with Crippen LogP contribution in [0.5, 0.6) is 5.75 Å². The molecule has 4 nitrogen and oxygen atoms in total. The second kappa shape index (κ2) is 7.02. The second-order valence-corrected chi connectivity index (χ2v) is 5.47. The van der Waals surface area contributed by atoms with Crippen molar-refractivity contribution in [1.29, 1.82) is 0 Å². The number of rotatable bonds is 5. The lowest BCUT2D eigenvalue weighted by atomic mass is 10.1. The third-order valence-corrected chi connectivity index (χ3v) is 3.73. The monoisotopic (exact) mass is 282 g/mol. The molecule has 1 aromatic rings. The molecule has 2 rings (SSSR count). The van der Waals surface area contributed by atoms with Crippen molar-refractivity contribution in [2.45, 2.75) is 19.5 Å². The molecule has 5 heteroatoms. The van der Waals surface area contributed by atoms with Crippen molar-refractivity contribution in [2.24, 2.45) is 0 Å². The standard InChI is InChI=1S/C15H23FN2O2/c1-12(18-5-7-20-8-6-18)10-17(2)11-13-9-14(16)3-4-15(13)19/h3-4,9,12,19H,5-8,10-11H2,1-2H3/t12-/m1/s1. The first-order valence-electron chi connectivity index (χ1n) is 7.04. The van der Waals surface area contributed by atoms with Crippen molar-refractivity contribution in [2.75, 3.05) is 39.9 Å². The molecule has 0 radical (unpaired) electrons. The van der Waals surface area contributed by atoms with Crippen molar-refractivity contribution >= 4 is 0 Å². The number of benzene rings is 1. The maximum Gasteiger partial charge on any atom is 0.123 e. The molecule has 112 valence electrons. The topological polar surface area (TPSA) is 35.9 Å². The van der Waals surface area contributed by atoms with Crippen LogP contribution in [0.3, 0.4) is 0 Å². The highest BCUT2D eigenvalue weighted by atomic mass is 19.1. The Morgan fingerprint density at radius 1 is 1.40 bits per heavy atom. The number of ether oxygens (including phenoxy) is 1. The number of likely N-dealkylation sites (N-methyl/N-ethyl adjacent to an activating group) is 1. The van der Waals surface area contributed by atoms with Crippen molar-refractivity contribution in [1.82, 2.24) is 9.80 Å². The summed E-state index contributed by atoms with van der Waals surface area (Å²) in [5, 5.41) is 9.75. The van der Waals surface area contributed by atoms with Crippen LogP contribution in [0.1, 0.15) is 12.5 Å². The Morgan fingerprint density at radius 3 is 2.80 bits per heavy atom. The first-order valence-corrected chi connectivity index (χ1v) is 7.04. The van der Waals surface area contributed by atoms with E-state index in [4.69, 9.17) is 4.74 Å². The van der Waals surface area contributed by atoms with Crippen LogP contribution in [0.4, 0.5) is 4.39 Å². The van der Waals surface area contributed by atoms with E-state index >= 15 is 0 Å². The van der Waals surface area contributed by atoms with Gasteiger partial charge in [0.25, 0.3) is 0 Å². The van der Waals surface area contributed by atoms with Gasteiger partial charge in [0.2, 0.25) is 0 Å². The Hall–Kier alpha value is -1.17. The van der Waals surface area contributed by atoms with Crippen LogP contribution in [0.2, 0.25) is 0 Å². The summed E-state index contributed by atoms with van der Waals surface area (Å²) in [6.45, 7) is 7.10. The Balaban J connectivity index is 1.88. The predicted octanol–water partition coefficient (Wildman–Crippen LogP) is 1.68. The largest absolute Gasteiger partial charge is 0.508 e. The Morgan fingerprint density at radius 2 is 2.10 bits per heavy atom. The molecule has 0 aromatic heterocycles. The fourth-order valence-electron chi connectivity index (χ4n) is 2.62. The van der Waals surface area contributed by atoms with E-state index in [9.17, 15) is 9.50 Å². The van der Waals surface area contributed by atoms with Gasteiger partial charge >= 0.3 is 0 Å². The van der Waals surface area contributed by atoms with Gasteiger partial charge < -0.3 is 14.7 Å². The van der Waals surface area contributed by atoms with Crippen molar-refractivity contribution in [3.63, 3.8) is 0 Å². The van der Waals surface area contributed by atoms with Crippen molar-refractivity contribution < 1.29 is 14.2 Å². The zero-order chi connectivity index (χ0) is 14.5. The summed E-state index contributed by atoms with van der Waals surface area (Å²) in [4.78, 5) is 4.50. The van der Waals surface area contributed by atoms with Gasteiger partial charge in [-0.1, -0.05) is 0 Å². The minimum Gasteiger partial charge on any atom is -0.508 e. The molecule has 0 amide bonds. The lowest BCUT2D eigenvalue weighted by molar-refractivity contribution is 0.0137. The van der Waals surface area contributed by atoms with Crippen LogP contribution >= 0.6 is 0 Å². The van der Waals surface area contributed by atoms with Gasteiger partial charge in [0.15, 0.2) is 0 Å². The van der Waals surface area contributed by atoms with Gasteiger partial charge in [-0.3, -0.25) is 4.90 Å². The van der Waals surface area contributed by atoms with Crippen LogP contribution in [0.25, 0.3) is 0 Å². The molecule has 1 aromatic carbocycles. The molecule has 1 heterocycles. The molecular weight excluding hydrogens is 259 g/mol. The SMILES string of the molecule is C[C@H](CN(C)Cc1cc(F)ccc1O)N1CCOCC1.